The number of guanidine groups is 1. The number of nitrogens with zero attached hydrogens (tertiary/aromatic N) is 5. The Labute approximate surface area is 186 Å². The molecule has 0 aromatic carbocycles. The summed E-state index contributed by atoms with van der Waals surface area (Å²) in [6.45, 7) is 14.4. The first-order valence-corrected chi connectivity index (χ1v) is 10.6. The summed E-state index contributed by atoms with van der Waals surface area (Å²) >= 11 is 0. The molecular formula is C20H37IN6O. The van der Waals surface area contributed by atoms with Gasteiger partial charge < -0.3 is 19.5 Å². The van der Waals surface area contributed by atoms with Gasteiger partial charge in [-0.25, -0.2) is 4.98 Å². The average Bonchev–Trinajstić information content (AvgIpc) is 3.31. The summed E-state index contributed by atoms with van der Waals surface area (Å²) in [5, 5.41) is 3.49. The van der Waals surface area contributed by atoms with Crippen molar-refractivity contribution in [2.24, 2.45) is 10.9 Å². The van der Waals surface area contributed by atoms with Crippen LogP contribution in [0.15, 0.2) is 17.4 Å². The number of hydrogen-bond donors (Lipinski definition) is 1. The maximum atomic E-state index is 5.46. The molecule has 7 nitrogen and oxygen atoms in total. The maximum absolute atomic E-state index is 5.46. The molecule has 3 heterocycles. The van der Waals surface area contributed by atoms with Crippen molar-refractivity contribution >= 4 is 29.9 Å². The number of halogens is 1. The Balaban J connectivity index is 0.00000280. The smallest absolute Gasteiger partial charge is 0.193 e. The van der Waals surface area contributed by atoms with Crippen LogP contribution in [-0.4, -0.2) is 84.3 Å². The molecule has 28 heavy (non-hydrogen) atoms. The molecule has 3 rings (SSSR count). The Morgan fingerprint density at radius 1 is 1.29 bits per heavy atom. The van der Waals surface area contributed by atoms with Crippen molar-refractivity contribution in [1.29, 1.82) is 0 Å². The number of morpholine rings is 1. The van der Waals surface area contributed by atoms with Gasteiger partial charge in [-0.15, -0.1) is 24.0 Å². The van der Waals surface area contributed by atoms with Gasteiger partial charge in [0.25, 0.3) is 0 Å². The molecule has 1 unspecified atom stereocenters. The number of aliphatic imine (C=N–C) groups is 1. The van der Waals surface area contributed by atoms with Gasteiger partial charge in [-0.2, -0.15) is 0 Å². The minimum Gasteiger partial charge on any atom is -0.379 e. The molecule has 0 saturated carbocycles. The van der Waals surface area contributed by atoms with Crippen molar-refractivity contribution in [2.75, 3.05) is 59.0 Å². The van der Waals surface area contributed by atoms with Crippen LogP contribution in [0.2, 0.25) is 0 Å². The van der Waals surface area contributed by atoms with Gasteiger partial charge in [-0.05, 0) is 39.0 Å². The lowest BCUT2D eigenvalue weighted by Crippen LogP contribution is -2.42. The molecule has 2 aliphatic heterocycles. The topological polar surface area (TPSA) is 57.9 Å². The van der Waals surface area contributed by atoms with Gasteiger partial charge in [-0.1, -0.05) is 0 Å². The first-order chi connectivity index (χ1) is 13.3. The summed E-state index contributed by atoms with van der Waals surface area (Å²) in [5.74, 6) is 2.94. The van der Waals surface area contributed by atoms with Crippen LogP contribution < -0.4 is 5.32 Å². The summed E-state index contributed by atoms with van der Waals surface area (Å²) < 4.78 is 7.68. The van der Waals surface area contributed by atoms with Crippen molar-refractivity contribution in [2.45, 2.75) is 39.7 Å². The molecule has 1 aromatic heterocycles. The molecular weight excluding hydrogens is 467 g/mol. The molecule has 1 aromatic rings. The van der Waals surface area contributed by atoms with Crippen LogP contribution >= 0.6 is 24.0 Å². The van der Waals surface area contributed by atoms with Crippen molar-refractivity contribution in [1.82, 2.24) is 24.7 Å². The van der Waals surface area contributed by atoms with E-state index in [9.17, 15) is 0 Å². The molecule has 160 valence electrons. The highest BCUT2D eigenvalue weighted by molar-refractivity contribution is 14.0. The van der Waals surface area contributed by atoms with Gasteiger partial charge in [0, 0.05) is 64.8 Å². The third-order valence-electron chi connectivity index (χ3n) is 5.53. The maximum Gasteiger partial charge on any atom is 0.193 e. The minimum atomic E-state index is 0. The number of aryl methyl sites for hydroxylation is 2. The second kappa shape index (κ2) is 12.6. The van der Waals surface area contributed by atoms with Crippen LogP contribution in [0.3, 0.4) is 0 Å². The number of ether oxygens (including phenoxy) is 1. The number of aromatic nitrogens is 2. The Kier molecular flexibility index (Phi) is 10.6. The molecule has 0 amide bonds. The van der Waals surface area contributed by atoms with E-state index >= 15 is 0 Å². The summed E-state index contributed by atoms with van der Waals surface area (Å²) in [6, 6.07) is 0. The molecule has 0 radical (unpaired) electrons. The highest BCUT2D eigenvalue weighted by Gasteiger charge is 2.26. The fourth-order valence-electron chi connectivity index (χ4n) is 3.97. The Morgan fingerprint density at radius 2 is 2.11 bits per heavy atom. The van der Waals surface area contributed by atoms with Gasteiger partial charge in [0.05, 0.1) is 13.2 Å². The molecule has 8 heteroatoms. The van der Waals surface area contributed by atoms with E-state index in [0.29, 0.717) is 0 Å². The lowest BCUT2D eigenvalue weighted by Gasteiger charge is -2.29. The monoisotopic (exact) mass is 504 g/mol. The Bertz CT molecular complexity index is 587. The number of hydrogen-bond acceptors (Lipinski definition) is 4. The zero-order chi connectivity index (χ0) is 18.9. The number of nitrogens with one attached hydrogen (secondary N) is 1. The quantitative estimate of drug-likeness (QED) is 0.255. The van der Waals surface area contributed by atoms with E-state index in [1.807, 2.05) is 6.20 Å². The molecule has 2 saturated heterocycles. The Hall–Kier alpha value is -0.870. The second-order valence-corrected chi connectivity index (χ2v) is 7.62. The number of imidazole rings is 1. The predicted octanol–water partition coefficient (Wildman–Crippen LogP) is 2.21. The first-order valence-electron chi connectivity index (χ1n) is 10.6. The van der Waals surface area contributed by atoms with Gasteiger partial charge in [0.2, 0.25) is 0 Å². The first kappa shape index (κ1) is 23.4. The van der Waals surface area contributed by atoms with Gasteiger partial charge >= 0.3 is 0 Å². The third kappa shape index (κ3) is 7.18. The fraction of sp³-hybridized carbons (Fsp3) is 0.800. The summed E-state index contributed by atoms with van der Waals surface area (Å²) in [7, 11) is 0. The van der Waals surface area contributed by atoms with Crippen molar-refractivity contribution < 1.29 is 4.74 Å². The zero-order valence-corrected chi connectivity index (χ0v) is 19.8. The Morgan fingerprint density at radius 3 is 2.82 bits per heavy atom. The highest BCUT2D eigenvalue weighted by Crippen LogP contribution is 2.18. The molecule has 1 atom stereocenters. The summed E-state index contributed by atoms with van der Waals surface area (Å²) in [4.78, 5) is 14.2. The molecule has 2 aliphatic rings. The summed E-state index contributed by atoms with van der Waals surface area (Å²) in [5.41, 5.74) is 0. The average molecular weight is 504 g/mol. The van der Waals surface area contributed by atoms with Crippen molar-refractivity contribution in [3.8, 4) is 0 Å². The number of rotatable bonds is 8. The van der Waals surface area contributed by atoms with E-state index in [-0.39, 0.29) is 24.0 Å². The van der Waals surface area contributed by atoms with E-state index in [0.717, 1.165) is 89.6 Å². The van der Waals surface area contributed by atoms with Crippen LogP contribution in [0, 0.1) is 12.8 Å². The predicted molar refractivity (Wildman–Crippen MR) is 125 cm³/mol. The third-order valence-corrected chi connectivity index (χ3v) is 5.53. The normalized spacial score (nSPS) is 21.0. The van der Waals surface area contributed by atoms with Crippen LogP contribution in [0.25, 0.3) is 0 Å². The standard InChI is InChI=1S/C20H36N6O.HI/c1-3-21-20(23-7-4-5-9-25-11-8-22-18(25)2)26-10-6-19(17-26)16-24-12-14-27-15-13-24;/h8,11,19H,3-7,9-10,12-17H2,1-2H3,(H,21,23);1H. The van der Waals surface area contributed by atoms with Crippen LogP contribution in [-0.2, 0) is 11.3 Å². The van der Waals surface area contributed by atoms with E-state index < -0.39 is 0 Å². The lowest BCUT2D eigenvalue weighted by atomic mass is 10.1. The molecule has 0 bridgehead atoms. The van der Waals surface area contributed by atoms with Crippen molar-refractivity contribution in [3.63, 3.8) is 0 Å². The van der Waals surface area contributed by atoms with E-state index in [2.05, 4.69) is 44.7 Å². The molecule has 0 aliphatic carbocycles. The fourth-order valence-corrected chi connectivity index (χ4v) is 3.97. The van der Waals surface area contributed by atoms with Crippen LogP contribution in [0.5, 0.6) is 0 Å². The molecule has 2 fully saturated rings. The SMILES string of the molecule is CCNC(=NCCCCn1ccnc1C)N1CCC(CN2CCOCC2)C1.I. The molecule has 0 spiro atoms. The zero-order valence-electron chi connectivity index (χ0n) is 17.5. The van der Waals surface area contributed by atoms with Crippen LogP contribution in [0.4, 0.5) is 0 Å². The molecule has 1 N–H and O–H groups in total. The largest absolute Gasteiger partial charge is 0.379 e. The van der Waals surface area contributed by atoms with E-state index in [1.165, 1.54) is 13.0 Å². The highest BCUT2D eigenvalue weighted by atomic mass is 127. The second-order valence-electron chi connectivity index (χ2n) is 7.62. The number of likely N-dealkylation sites (tertiary alicyclic amines) is 1. The number of unbranched alkanes of at least 4 members (excludes halogenated alkanes) is 1. The van der Waals surface area contributed by atoms with Crippen molar-refractivity contribution in [3.05, 3.63) is 18.2 Å². The van der Waals surface area contributed by atoms with Crippen LogP contribution in [0.1, 0.15) is 32.0 Å². The minimum absolute atomic E-state index is 0. The van der Waals surface area contributed by atoms with E-state index in [4.69, 9.17) is 9.73 Å². The lowest BCUT2D eigenvalue weighted by molar-refractivity contribution is 0.0315. The van der Waals surface area contributed by atoms with E-state index in [1.54, 1.807) is 0 Å². The van der Waals surface area contributed by atoms with Gasteiger partial charge in [0.15, 0.2) is 5.96 Å². The van der Waals surface area contributed by atoms with Gasteiger partial charge in [-0.3, -0.25) is 9.89 Å². The van der Waals surface area contributed by atoms with Gasteiger partial charge in [0.1, 0.15) is 5.82 Å². The summed E-state index contributed by atoms with van der Waals surface area (Å²) in [6.07, 6.45) is 7.44.